The van der Waals surface area contributed by atoms with Crippen LogP contribution in [0.4, 0.5) is 0 Å². The van der Waals surface area contributed by atoms with Crippen molar-refractivity contribution >= 4 is 17.8 Å². The van der Waals surface area contributed by atoms with Crippen LogP contribution in [0.5, 0.6) is 0 Å². The normalized spacial score (nSPS) is 15.7. The van der Waals surface area contributed by atoms with E-state index in [-0.39, 0.29) is 30.1 Å². The first-order valence-corrected chi connectivity index (χ1v) is 11.8. The summed E-state index contributed by atoms with van der Waals surface area (Å²) in [5.41, 5.74) is 2.74. The molecule has 6 nitrogen and oxygen atoms in total. The van der Waals surface area contributed by atoms with E-state index in [1.54, 1.807) is 16.7 Å². The van der Waals surface area contributed by atoms with Gasteiger partial charge in [-0.3, -0.25) is 14.4 Å². The van der Waals surface area contributed by atoms with Gasteiger partial charge in [-0.25, -0.2) is 0 Å². The molecule has 1 unspecified atom stereocenters. The molecule has 0 N–H and O–H groups in total. The van der Waals surface area contributed by atoms with Gasteiger partial charge in [-0.1, -0.05) is 48.5 Å². The van der Waals surface area contributed by atoms with Gasteiger partial charge in [0, 0.05) is 38.2 Å². The van der Waals surface area contributed by atoms with Gasteiger partial charge < -0.3 is 14.5 Å². The van der Waals surface area contributed by atoms with Crippen molar-refractivity contribution in [3.63, 3.8) is 0 Å². The maximum Gasteiger partial charge on any atom is 0.310 e. The summed E-state index contributed by atoms with van der Waals surface area (Å²) in [4.78, 5) is 41.9. The van der Waals surface area contributed by atoms with Crippen LogP contribution in [0.15, 0.2) is 54.6 Å². The topological polar surface area (TPSA) is 66.9 Å². The van der Waals surface area contributed by atoms with Gasteiger partial charge in [-0.15, -0.1) is 0 Å². The maximum atomic E-state index is 13.3. The van der Waals surface area contributed by atoms with Gasteiger partial charge in [0.25, 0.3) is 5.91 Å². The van der Waals surface area contributed by atoms with Crippen molar-refractivity contribution in [2.24, 2.45) is 5.92 Å². The van der Waals surface area contributed by atoms with Crippen LogP contribution < -0.4 is 0 Å². The number of rotatable bonds is 9. The van der Waals surface area contributed by atoms with E-state index in [4.69, 9.17) is 4.74 Å². The molecule has 0 saturated carbocycles. The summed E-state index contributed by atoms with van der Waals surface area (Å²) in [6, 6.07) is 17.6. The lowest BCUT2D eigenvalue weighted by molar-refractivity contribution is -0.151. The Kier molecular flexibility index (Phi) is 9.04. The molecule has 2 amide bonds. The smallest absolute Gasteiger partial charge is 0.310 e. The number of carbonyl (C=O) groups is 3. The summed E-state index contributed by atoms with van der Waals surface area (Å²) in [7, 11) is 0. The van der Waals surface area contributed by atoms with Crippen LogP contribution in [0.25, 0.3) is 0 Å². The average Bonchev–Trinajstić information content (AvgIpc) is 2.84. The van der Waals surface area contributed by atoms with Crippen molar-refractivity contribution in [2.45, 2.75) is 39.5 Å². The lowest BCUT2D eigenvalue weighted by atomic mass is 9.98. The van der Waals surface area contributed by atoms with Gasteiger partial charge in [0.05, 0.1) is 12.5 Å². The van der Waals surface area contributed by atoms with Crippen molar-refractivity contribution in [1.29, 1.82) is 0 Å². The van der Waals surface area contributed by atoms with E-state index in [0.29, 0.717) is 38.3 Å². The summed E-state index contributed by atoms with van der Waals surface area (Å²) in [5.74, 6) is -0.564. The molecule has 1 heterocycles. The third-order valence-corrected chi connectivity index (χ3v) is 6.17. The second-order valence-electron chi connectivity index (χ2n) is 8.52. The van der Waals surface area contributed by atoms with Gasteiger partial charge in [0.1, 0.15) is 0 Å². The van der Waals surface area contributed by atoms with E-state index in [1.807, 2.05) is 61.5 Å². The highest BCUT2D eigenvalue weighted by atomic mass is 16.5. The van der Waals surface area contributed by atoms with Crippen LogP contribution in [0, 0.1) is 12.8 Å². The predicted octanol–water partition coefficient (Wildman–Crippen LogP) is 3.87. The third-order valence-electron chi connectivity index (χ3n) is 6.17. The van der Waals surface area contributed by atoms with Crippen molar-refractivity contribution in [1.82, 2.24) is 9.80 Å². The van der Waals surface area contributed by atoms with Crippen LogP contribution in [-0.2, 0) is 20.7 Å². The molecule has 176 valence electrons. The Morgan fingerprint density at radius 1 is 1.03 bits per heavy atom. The highest BCUT2D eigenvalue weighted by molar-refractivity contribution is 5.95. The van der Waals surface area contributed by atoms with Crippen molar-refractivity contribution < 1.29 is 19.1 Å². The number of piperidine rings is 1. The first-order chi connectivity index (χ1) is 16.0. The molecule has 0 spiro atoms. The number of esters is 1. The highest BCUT2D eigenvalue weighted by Gasteiger charge is 2.29. The first kappa shape index (κ1) is 24.5. The number of aryl methyl sites for hydroxylation is 1. The molecule has 33 heavy (non-hydrogen) atoms. The Bertz CT molecular complexity index is 944. The quantitative estimate of drug-likeness (QED) is 0.544. The van der Waals surface area contributed by atoms with Gasteiger partial charge in [-0.2, -0.15) is 0 Å². The Morgan fingerprint density at radius 2 is 1.76 bits per heavy atom. The second-order valence-corrected chi connectivity index (χ2v) is 8.52. The lowest BCUT2D eigenvalue weighted by Crippen LogP contribution is -2.44. The summed E-state index contributed by atoms with van der Waals surface area (Å²) in [6.07, 6.45) is 2.50. The Hall–Kier alpha value is -3.15. The van der Waals surface area contributed by atoms with Crippen LogP contribution in [0.3, 0.4) is 0 Å². The van der Waals surface area contributed by atoms with Crippen molar-refractivity contribution in [2.75, 3.05) is 32.8 Å². The molecule has 6 heteroatoms. The van der Waals surface area contributed by atoms with Crippen LogP contribution >= 0.6 is 0 Å². The average molecular weight is 451 g/mol. The van der Waals surface area contributed by atoms with E-state index >= 15 is 0 Å². The molecular weight excluding hydrogens is 416 g/mol. The Morgan fingerprint density at radius 3 is 2.48 bits per heavy atom. The fourth-order valence-corrected chi connectivity index (χ4v) is 4.25. The number of benzene rings is 2. The minimum atomic E-state index is -0.259. The molecular formula is C27H34N2O4. The van der Waals surface area contributed by atoms with E-state index in [9.17, 15) is 14.4 Å². The summed E-state index contributed by atoms with van der Waals surface area (Å²) in [6.45, 7) is 5.99. The molecule has 2 aromatic carbocycles. The monoisotopic (exact) mass is 450 g/mol. The fraction of sp³-hybridized carbons (Fsp3) is 0.444. The molecule has 1 aliphatic rings. The molecule has 1 atom stereocenters. The number of ether oxygens (including phenoxy) is 1. The Labute approximate surface area is 196 Å². The molecule has 1 aliphatic heterocycles. The first-order valence-electron chi connectivity index (χ1n) is 11.8. The van der Waals surface area contributed by atoms with Crippen molar-refractivity contribution in [3.8, 4) is 0 Å². The predicted molar refractivity (Wildman–Crippen MR) is 128 cm³/mol. The molecule has 0 bridgehead atoms. The number of nitrogens with zero attached hydrogens (tertiary/aromatic N) is 2. The number of amides is 2. The summed E-state index contributed by atoms with van der Waals surface area (Å²) < 4.78 is 5.14. The number of hydrogen-bond acceptors (Lipinski definition) is 4. The Balaban J connectivity index is 1.65. The number of hydrogen-bond donors (Lipinski definition) is 0. The van der Waals surface area contributed by atoms with E-state index in [1.165, 1.54) is 0 Å². The van der Waals surface area contributed by atoms with E-state index in [2.05, 4.69) is 0 Å². The number of carbonyl (C=O) groups excluding carboxylic acids is 3. The SMILES string of the molecule is CCOC(=O)C1CCCN(C(=O)CCN(CCc2ccccc2)C(=O)c2ccccc2C)C1. The zero-order valence-corrected chi connectivity index (χ0v) is 19.7. The molecule has 1 saturated heterocycles. The van der Waals surface area contributed by atoms with Gasteiger partial charge >= 0.3 is 5.97 Å². The van der Waals surface area contributed by atoms with Crippen LogP contribution in [-0.4, -0.2) is 60.4 Å². The number of likely N-dealkylation sites (tertiary alicyclic amines) is 1. The van der Waals surface area contributed by atoms with E-state index < -0.39 is 0 Å². The fourth-order valence-electron chi connectivity index (χ4n) is 4.25. The minimum absolute atomic E-state index is 0.0220. The summed E-state index contributed by atoms with van der Waals surface area (Å²) >= 11 is 0. The molecule has 3 rings (SSSR count). The van der Waals surface area contributed by atoms with Crippen LogP contribution in [0.2, 0.25) is 0 Å². The molecule has 1 fully saturated rings. The highest BCUT2D eigenvalue weighted by Crippen LogP contribution is 2.19. The molecule has 0 aliphatic carbocycles. The maximum absolute atomic E-state index is 13.3. The molecule has 2 aromatic rings. The van der Waals surface area contributed by atoms with Gasteiger partial charge in [-0.05, 0) is 50.3 Å². The van der Waals surface area contributed by atoms with Gasteiger partial charge in [0.15, 0.2) is 0 Å². The van der Waals surface area contributed by atoms with Crippen LogP contribution in [0.1, 0.15) is 47.7 Å². The zero-order valence-electron chi connectivity index (χ0n) is 19.7. The van der Waals surface area contributed by atoms with Crippen molar-refractivity contribution in [3.05, 3.63) is 71.3 Å². The largest absolute Gasteiger partial charge is 0.466 e. The zero-order chi connectivity index (χ0) is 23.6. The van der Waals surface area contributed by atoms with Gasteiger partial charge in [0.2, 0.25) is 5.91 Å². The third kappa shape index (κ3) is 6.91. The second kappa shape index (κ2) is 12.2. The standard InChI is InChI=1S/C27H34N2O4/c1-3-33-27(32)23-13-9-17-29(20-23)25(30)16-19-28(18-15-22-11-5-4-6-12-22)26(31)24-14-8-7-10-21(24)2/h4-8,10-12,14,23H,3,9,13,15-20H2,1-2H3. The minimum Gasteiger partial charge on any atom is -0.466 e. The molecule has 0 aromatic heterocycles. The van der Waals surface area contributed by atoms with E-state index in [0.717, 1.165) is 30.4 Å². The lowest BCUT2D eigenvalue weighted by Gasteiger charge is -2.32. The summed E-state index contributed by atoms with van der Waals surface area (Å²) in [5, 5.41) is 0. The molecule has 0 radical (unpaired) electrons.